The van der Waals surface area contributed by atoms with Crippen LogP contribution in [0.2, 0.25) is 5.02 Å². The van der Waals surface area contributed by atoms with E-state index in [1.165, 1.54) is 36.3 Å². The number of hydrogen-bond acceptors (Lipinski definition) is 5. The fourth-order valence-corrected chi connectivity index (χ4v) is 5.65. The zero-order chi connectivity index (χ0) is 29.4. The van der Waals surface area contributed by atoms with E-state index < -0.39 is 28.5 Å². The van der Waals surface area contributed by atoms with Gasteiger partial charge in [-0.25, -0.2) is 8.42 Å². The Labute approximate surface area is 241 Å². The number of benzene rings is 3. The number of carbonyl (C=O) groups is 2. The first kappa shape index (κ1) is 31.0. The summed E-state index contributed by atoms with van der Waals surface area (Å²) in [7, 11) is -2.73. The van der Waals surface area contributed by atoms with Gasteiger partial charge in [-0.1, -0.05) is 73.5 Å². The maximum atomic E-state index is 13.9. The lowest BCUT2D eigenvalue weighted by Gasteiger charge is -2.32. The van der Waals surface area contributed by atoms with Gasteiger partial charge in [-0.15, -0.1) is 0 Å². The number of amides is 2. The molecule has 214 valence electrons. The maximum absolute atomic E-state index is 13.9. The minimum atomic E-state index is -4.19. The van der Waals surface area contributed by atoms with E-state index in [0.29, 0.717) is 12.3 Å². The Bertz CT molecular complexity index is 1410. The second-order valence-corrected chi connectivity index (χ2v) is 12.2. The lowest BCUT2D eigenvalue weighted by Crippen LogP contribution is -2.51. The molecule has 0 bridgehead atoms. The van der Waals surface area contributed by atoms with Crippen molar-refractivity contribution in [2.45, 2.75) is 45.2 Å². The van der Waals surface area contributed by atoms with Gasteiger partial charge in [0.1, 0.15) is 18.3 Å². The Morgan fingerprint density at radius 1 is 0.975 bits per heavy atom. The van der Waals surface area contributed by atoms with Gasteiger partial charge in [0.2, 0.25) is 11.8 Å². The Hall–Kier alpha value is -3.56. The number of rotatable bonds is 12. The number of hydrogen-bond donors (Lipinski definition) is 1. The molecule has 0 aliphatic heterocycles. The molecule has 0 saturated carbocycles. The molecule has 0 fully saturated rings. The SMILES string of the molecule is COc1ccc(N(CC(=O)N(Cc2ccccc2)C(C)C(=O)NCC(C)C)S(=O)(=O)c2ccc(C)cc2)cc1Cl. The van der Waals surface area contributed by atoms with Gasteiger partial charge in [-0.2, -0.15) is 0 Å². The highest BCUT2D eigenvalue weighted by atomic mass is 35.5. The molecule has 2 amide bonds. The van der Waals surface area contributed by atoms with E-state index in [1.807, 2.05) is 51.1 Å². The van der Waals surface area contributed by atoms with E-state index in [0.717, 1.165) is 15.4 Å². The van der Waals surface area contributed by atoms with Crippen molar-refractivity contribution in [3.05, 3.63) is 88.9 Å². The molecule has 1 unspecified atom stereocenters. The third-order valence-corrected chi connectivity index (χ3v) is 8.44. The van der Waals surface area contributed by atoms with Crippen molar-refractivity contribution in [3.63, 3.8) is 0 Å². The average molecular weight is 586 g/mol. The normalized spacial score (nSPS) is 12.1. The molecule has 3 rings (SSSR count). The molecule has 0 aliphatic carbocycles. The summed E-state index contributed by atoms with van der Waals surface area (Å²) in [5.41, 5.74) is 1.89. The van der Waals surface area contributed by atoms with Crippen LogP contribution in [0.3, 0.4) is 0 Å². The smallest absolute Gasteiger partial charge is 0.264 e. The summed E-state index contributed by atoms with van der Waals surface area (Å²) < 4.78 is 34.1. The lowest BCUT2D eigenvalue weighted by molar-refractivity contribution is -0.139. The number of sulfonamides is 1. The quantitative estimate of drug-likeness (QED) is 0.321. The molecule has 0 spiro atoms. The van der Waals surface area contributed by atoms with Crippen molar-refractivity contribution in [1.82, 2.24) is 10.2 Å². The van der Waals surface area contributed by atoms with E-state index in [9.17, 15) is 18.0 Å². The second-order valence-electron chi connectivity index (χ2n) is 9.97. The first-order valence-corrected chi connectivity index (χ1v) is 14.8. The summed E-state index contributed by atoms with van der Waals surface area (Å²) in [5, 5.41) is 3.07. The number of anilines is 1. The van der Waals surface area contributed by atoms with Crippen molar-refractivity contribution < 1.29 is 22.7 Å². The van der Waals surface area contributed by atoms with Crippen LogP contribution in [-0.2, 0) is 26.2 Å². The highest BCUT2D eigenvalue weighted by molar-refractivity contribution is 7.92. The number of carbonyl (C=O) groups excluding carboxylic acids is 2. The first-order chi connectivity index (χ1) is 18.9. The van der Waals surface area contributed by atoms with Crippen LogP contribution in [0.15, 0.2) is 77.7 Å². The number of methoxy groups -OCH3 is 1. The minimum absolute atomic E-state index is 0.0233. The van der Waals surface area contributed by atoms with Crippen LogP contribution in [0.25, 0.3) is 0 Å². The highest BCUT2D eigenvalue weighted by Gasteiger charge is 2.32. The number of halogens is 1. The fraction of sp³-hybridized carbons (Fsp3) is 0.333. The molecule has 0 heterocycles. The molecule has 0 saturated heterocycles. The highest BCUT2D eigenvalue weighted by Crippen LogP contribution is 2.32. The zero-order valence-corrected chi connectivity index (χ0v) is 25.0. The van der Waals surface area contributed by atoms with Crippen molar-refractivity contribution >= 4 is 39.1 Å². The van der Waals surface area contributed by atoms with Gasteiger partial charge in [-0.05, 0) is 55.7 Å². The molecular formula is C30H36ClN3O5S. The van der Waals surface area contributed by atoms with Gasteiger partial charge in [0.05, 0.1) is 22.7 Å². The van der Waals surface area contributed by atoms with Crippen LogP contribution in [0, 0.1) is 12.8 Å². The summed E-state index contributed by atoms with van der Waals surface area (Å²) in [6.07, 6.45) is 0. The van der Waals surface area contributed by atoms with Crippen molar-refractivity contribution in [3.8, 4) is 5.75 Å². The van der Waals surface area contributed by atoms with Crippen LogP contribution < -0.4 is 14.4 Å². The van der Waals surface area contributed by atoms with E-state index in [1.54, 1.807) is 25.1 Å². The summed E-state index contributed by atoms with van der Waals surface area (Å²) in [6, 6.07) is 19.3. The van der Waals surface area contributed by atoms with Gasteiger partial charge in [0.15, 0.2) is 0 Å². The van der Waals surface area contributed by atoms with Crippen LogP contribution in [0.5, 0.6) is 5.75 Å². The lowest BCUT2D eigenvalue weighted by atomic mass is 10.1. The van der Waals surface area contributed by atoms with Crippen molar-refractivity contribution in [1.29, 1.82) is 0 Å². The molecule has 0 aliphatic rings. The van der Waals surface area contributed by atoms with Crippen molar-refractivity contribution in [2.75, 3.05) is 24.5 Å². The van der Waals surface area contributed by atoms with Gasteiger partial charge in [0.25, 0.3) is 10.0 Å². The van der Waals surface area contributed by atoms with Crippen molar-refractivity contribution in [2.24, 2.45) is 5.92 Å². The zero-order valence-electron chi connectivity index (χ0n) is 23.4. The Morgan fingerprint density at radius 2 is 1.62 bits per heavy atom. The van der Waals surface area contributed by atoms with E-state index in [-0.39, 0.29) is 34.0 Å². The summed E-state index contributed by atoms with van der Waals surface area (Å²) in [4.78, 5) is 28.4. The summed E-state index contributed by atoms with van der Waals surface area (Å²) in [5.74, 6) is -0.271. The monoisotopic (exact) mass is 585 g/mol. The molecule has 3 aromatic rings. The molecule has 1 atom stereocenters. The minimum Gasteiger partial charge on any atom is -0.495 e. The number of aryl methyl sites for hydroxylation is 1. The Kier molecular flexibility index (Phi) is 10.6. The van der Waals surface area contributed by atoms with Gasteiger partial charge in [0, 0.05) is 13.1 Å². The second kappa shape index (κ2) is 13.7. The molecule has 0 radical (unpaired) electrons. The molecule has 1 N–H and O–H groups in total. The predicted octanol–water partition coefficient (Wildman–Crippen LogP) is 5.04. The van der Waals surface area contributed by atoms with E-state index in [4.69, 9.17) is 16.3 Å². The van der Waals surface area contributed by atoms with Crippen LogP contribution in [-0.4, -0.2) is 51.4 Å². The summed E-state index contributed by atoms with van der Waals surface area (Å²) in [6.45, 7) is 7.48. The molecule has 8 nitrogen and oxygen atoms in total. The van der Waals surface area contributed by atoms with E-state index in [2.05, 4.69) is 5.32 Å². The summed E-state index contributed by atoms with van der Waals surface area (Å²) >= 11 is 6.35. The number of nitrogens with zero attached hydrogens (tertiary/aromatic N) is 2. The Balaban J connectivity index is 2.03. The number of nitrogens with one attached hydrogen (secondary N) is 1. The van der Waals surface area contributed by atoms with Gasteiger partial charge < -0.3 is 15.0 Å². The largest absolute Gasteiger partial charge is 0.495 e. The molecular weight excluding hydrogens is 550 g/mol. The van der Waals surface area contributed by atoms with Gasteiger partial charge >= 0.3 is 0 Å². The first-order valence-electron chi connectivity index (χ1n) is 13.0. The average Bonchev–Trinajstić information content (AvgIpc) is 2.93. The van der Waals surface area contributed by atoms with Crippen LogP contribution in [0.1, 0.15) is 31.9 Å². The third kappa shape index (κ3) is 7.76. The van der Waals surface area contributed by atoms with Gasteiger partial charge in [-0.3, -0.25) is 13.9 Å². The predicted molar refractivity (Wildman–Crippen MR) is 158 cm³/mol. The molecule has 3 aromatic carbocycles. The van der Waals surface area contributed by atoms with Crippen LogP contribution >= 0.6 is 11.6 Å². The van der Waals surface area contributed by atoms with Crippen LogP contribution in [0.4, 0.5) is 5.69 Å². The Morgan fingerprint density at radius 3 is 2.20 bits per heavy atom. The van der Waals surface area contributed by atoms with E-state index >= 15 is 0 Å². The molecule has 0 aromatic heterocycles. The third-order valence-electron chi connectivity index (χ3n) is 6.36. The molecule has 10 heteroatoms. The molecule has 40 heavy (non-hydrogen) atoms. The fourth-order valence-electron chi connectivity index (χ4n) is 3.99. The topological polar surface area (TPSA) is 96.0 Å². The number of ether oxygens (including phenoxy) is 1. The maximum Gasteiger partial charge on any atom is 0.264 e. The standard InChI is InChI=1S/C30H36ClN3O5S/c1-21(2)18-32-30(36)23(4)33(19-24-9-7-6-8-10-24)29(35)20-34(25-13-16-28(39-5)27(31)17-25)40(37,38)26-14-11-22(3)12-15-26/h6-17,21,23H,18-20H2,1-5H3,(H,32,36).